The van der Waals surface area contributed by atoms with Crippen molar-refractivity contribution in [3.05, 3.63) is 54.1 Å². The van der Waals surface area contributed by atoms with E-state index in [-0.39, 0.29) is 0 Å². The number of benzene rings is 1. The molecule has 0 spiro atoms. The summed E-state index contributed by atoms with van der Waals surface area (Å²) in [7, 11) is 0. The van der Waals surface area contributed by atoms with Crippen molar-refractivity contribution in [2.45, 2.75) is 12.3 Å². The van der Waals surface area contributed by atoms with Gasteiger partial charge in [-0.15, -0.1) is 0 Å². The van der Waals surface area contributed by atoms with E-state index in [9.17, 15) is 18.3 Å². The van der Waals surface area contributed by atoms with Gasteiger partial charge in [-0.3, -0.25) is 0 Å². The van der Waals surface area contributed by atoms with Crippen molar-refractivity contribution in [1.29, 1.82) is 0 Å². The first kappa shape index (κ1) is 12.5. The number of halogens is 3. The normalized spacial score (nSPS) is 14.0. The SMILES string of the molecule is C=C(C(O)/C=C/c1ccccc1)C(F)(F)F. The van der Waals surface area contributed by atoms with E-state index in [4.69, 9.17) is 0 Å². The molecule has 0 aliphatic carbocycles. The first-order valence-electron chi connectivity index (χ1n) is 4.58. The maximum Gasteiger partial charge on any atom is 0.414 e. The molecule has 1 atom stereocenters. The lowest BCUT2D eigenvalue weighted by Crippen LogP contribution is -2.21. The van der Waals surface area contributed by atoms with Crippen LogP contribution in [0.4, 0.5) is 13.2 Å². The highest BCUT2D eigenvalue weighted by Crippen LogP contribution is 2.27. The van der Waals surface area contributed by atoms with Gasteiger partial charge < -0.3 is 5.11 Å². The minimum Gasteiger partial charge on any atom is -0.384 e. The molecule has 1 unspecified atom stereocenters. The molecule has 0 amide bonds. The van der Waals surface area contributed by atoms with E-state index in [1.54, 1.807) is 30.3 Å². The van der Waals surface area contributed by atoms with Crippen LogP contribution in [0.5, 0.6) is 0 Å². The quantitative estimate of drug-likeness (QED) is 0.788. The summed E-state index contributed by atoms with van der Waals surface area (Å²) < 4.78 is 36.4. The number of rotatable bonds is 3. The summed E-state index contributed by atoms with van der Waals surface area (Å²) in [4.78, 5) is 0. The molecule has 0 heterocycles. The highest BCUT2D eigenvalue weighted by molar-refractivity contribution is 5.50. The molecule has 0 bridgehead atoms. The monoisotopic (exact) mass is 228 g/mol. The third-order valence-electron chi connectivity index (χ3n) is 1.99. The Balaban J connectivity index is 2.69. The first-order chi connectivity index (χ1) is 7.41. The molecule has 0 aliphatic rings. The molecule has 1 rings (SSSR count). The second-order valence-corrected chi connectivity index (χ2v) is 3.24. The minimum absolute atomic E-state index is 0.719. The number of hydrogen-bond donors (Lipinski definition) is 1. The maximum absolute atomic E-state index is 12.1. The molecule has 0 aliphatic heterocycles. The number of aliphatic hydroxyl groups excluding tert-OH is 1. The van der Waals surface area contributed by atoms with Gasteiger partial charge in [-0.05, 0) is 5.56 Å². The Morgan fingerprint density at radius 3 is 2.31 bits per heavy atom. The smallest absolute Gasteiger partial charge is 0.384 e. The van der Waals surface area contributed by atoms with E-state index in [0.29, 0.717) is 0 Å². The standard InChI is InChI=1S/C12H11F3O/c1-9(12(13,14)15)11(16)8-7-10-5-3-2-4-6-10/h2-8,11,16H,1H2/b8-7+. The lowest BCUT2D eigenvalue weighted by atomic mass is 10.1. The summed E-state index contributed by atoms with van der Waals surface area (Å²) in [6.45, 7) is 2.81. The molecule has 0 aromatic heterocycles. The van der Waals surface area contributed by atoms with Crippen molar-refractivity contribution in [1.82, 2.24) is 0 Å². The Bertz CT molecular complexity index is 379. The Morgan fingerprint density at radius 2 is 1.81 bits per heavy atom. The third kappa shape index (κ3) is 3.55. The molecule has 1 aromatic carbocycles. The van der Waals surface area contributed by atoms with E-state index in [1.165, 1.54) is 6.08 Å². The average molecular weight is 228 g/mol. The van der Waals surface area contributed by atoms with Crippen LogP contribution >= 0.6 is 0 Å². The molecule has 0 radical (unpaired) electrons. The molecule has 0 saturated heterocycles. The van der Waals surface area contributed by atoms with E-state index < -0.39 is 17.9 Å². The molecule has 86 valence electrons. The molecule has 1 aromatic rings. The zero-order chi connectivity index (χ0) is 12.2. The molecule has 1 N–H and O–H groups in total. The molecule has 4 heteroatoms. The Morgan fingerprint density at radius 1 is 1.25 bits per heavy atom. The van der Waals surface area contributed by atoms with Crippen LogP contribution < -0.4 is 0 Å². The van der Waals surface area contributed by atoms with E-state index in [0.717, 1.165) is 11.6 Å². The lowest BCUT2D eigenvalue weighted by molar-refractivity contribution is -0.101. The molecular weight excluding hydrogens is 217 g/mol. The van der Waals surface area contributed by atoms with Crippen molar-refractivity contribution in [2.75, 3.05) is 0 Å². The average Bonchev–Trinajstić information content (AvgIpc) is 2.25. The molecular formula is C12H11F3O. The van der Waals surface area contributed by atoms with Crippen molar-refractivity contribution in [3.63, 3.8) is 0 Å². The Hall–Kier alpha value is -1.55. The molecule has 1 nitrogen and oxygen atoms in total. The van der Waals surface area contributed by atoms with Crippen LogP contribution in [-0.4, -0.2) is 17.4 Å². The summed E-state index contributed by atoms with van der Waals surface area (Å²) in [6.07, 6.45) is -3.80. The van der Waals surface area contributed by atoms with Gasteiger partial charge in [-0.2, -0.15) is 13.2 Å². The summed E-state index contributed by atoms with van der Waals surface area (Å²) in [5, 5.41) is 9.21. The second kappa shape index (κ2) is 4.99. The summed E-state index contributed by atoms with van der Waals surface area (Å²) in [5.41, 5.74) is -0.448. The minimum atomic E-state index is -4.57. The fourth-order valence-electron chi connectivity index (χ4n) is 1.05. The van der Waals surface area contributed by atoms with Crippen molar-refractivity contribution >= 4 is 6.08 Å². The second-order valence-electron chi connectivity index (χ2n) is 3.24. The van der Waals surface area contributed by atoms with Gasteiger partial charge in [0.2, 0.25) is 0 Å². The van der Waals surface area contributed by atoms with Gasteiger partial charge in [-0.25, -0.2) is 0 Å². The summed E-state index contributed by atoms with van der Waals surface area (Å²) >= 11 is 0. The van der Waals surface area contributed by atoms with Gasteiger partial charge in [0.25, 0.3) is 0 Å². The van der Waals surface area contributed by atoms with Gasteiger partial charge in [0, 0.05) is 0 Å². The maximum atomic E-state index is 12.1. The largest absolute Gasteiger partial charge is 0.414 e. The third-order valence-corrected chi connectivity index (χ3v) is 1.99. The highest BCUT2D eigenvalue weighted by Gasteiger charge is 2.35. The van der Waals surface area contributed by atoms with Crippen LogP contribution in [0, 0.1) is 0 Å². The number of hydrogen-bond acceptors (Lipinski definition) is 1. The van der Waals surface area contributed by atoms with Gasteiger partial charge in [-0.1, -0.05) is 49.1 Å². The van der Waals surface area contributed by atoms with Crippen LogP contribution in [0.1, 0.15) is 5.56 Å². The Kier molecular flexibility index (Phi) is 3.90. The lowest BCUT2D eigenvalue weighted by Gasteiger charge is -2.12. The van der Waals surface area contributed by atoms with E-state index in [1.807, 2.05) is 0 Å². The van der Waals surface area contributed by atoms with Crippen LogP contribution in [0.3, 0.4) is 0 Å². The zero-order valence-corrected chi connectivity index (χ0v) is 8.41. The fraction of sp³-hybridized carbons (Fsp3) is 0.167. The van der Waals surface area contributed by atoms with Crippen molar-refractivity contribution < 1.29 is 18.3 Å². The van der Waals surface area contributed by atoms with E-state index >= 15 is 0 Å². The van der Waals surface area contributed by atoms with E-state index in [2.05, 4.69) is 6.58 Å². The van der Waals surface area contributed by atoms with Crippen molar-refractivity contribution in [3.8, 4) is 0 Å². The Labute approximate surface area is 91.5 Å². The van der Waals surface area contributed by atoms with Crippen LogP contribution in [0.2, 0.25) is 0 Å². The molecule has 16 heavy (non-hydrogen) atoms. The van der Waals surface area contributed by atoms with Crippen LogP contribution in [0.15, 0.2) is 48.6 Å². The number of alkyl halides is 3. The number of aliphatic hydroxyl groups is 1. The zero-order valence-electron chi connectivity index (χ0n) is 8.41. The van der Waals surface area contributed by atoms with Crippen LogP contribution in [0.25, 0.3) is 6.08 Å². The van der Waals surface area contributed by atoms with Gasteiger partial charge in [0.15, 0.2) is 0 Å². The molecule has 0 fully saturated rings. The van der Waals surface area contributed by atoms with Gasteiger partial charge in [0.05, 0.1) is 5.57 Å². The van der Waals surface area contributed by atoms with Gasteiger partial charge in [0.1, 0.15) is 6.10 Å². The van der Waals surface area contributed by atoms with Gasteiger partial charge >= 0.3 is 6.18 Å². The molecule has 0 saturated carbocycles. The first-order valence-corrected chi connectivity index (χ1v) is 4.58. The summed E-state index contributed by atoms with van der Waals surface area (Å²) in [6, 6.07) is 8.75. The topological polar surface area (TPSA) is 20.2 Å². The van der Waals surface area contributed by atoms with Crippen molar-refractivity contribution in [2.24, 2.45) is 0 Å². The predicted octanol–water partition coefficient (Wildman–Crippen LogP) is 3.18. The predicted molar refractivity (Wildman–Crippen MR) is 56.7 cm³/mol. The highest BCUT2D eigenvalue weighted by atomic mass is 19.4. The summed E-state index contributed by atoms with van der Waals surface area (Å²) in [5.74, 6) is 0. The van der Waals surface area contributed by atoms with Crippen LogP contribution in [-0.2, 0) is 0 Å². The fourth-order valence-corrected chi connectivity index (χ4v) is 1.05.